The molecule has 1 aromatic heterocycles. The van der Waals surface area contributed by atoms with Crippen molar-refractivity contribution in [1.29, 1.82) is 0 Å². The van der Waals surface area contributed by atoms with Crippen LogP contribution in [-0.2, 0) is 18.3 Å². The van der Waals surface area contributed by atoms with E-state index in [4.69, 9.17) is 9.47 Å². The standard InChI is InChI=1S/C19H20N2O2.ClH/c1-22-14-3-2-10-9-13-12-8-11-4-6-21-16(11)18-19(12,5-7-20-13)15(10)17(14)23-18;/h2-4,6,12-13,18,20-21H,5,7-9H2,1H3;1H. The number of ether oxygens (including phenoxy) is 2. The zero-order valence-corrected chi connectivity index (χ0v) is 14.4. The Hall–Kier alpha value is -1.65. The second-order valence-electron chi connectivity index (χ2n) is 7.41. The Morgan fingerprint density at radius 1 is 1.21 bits per heavy atom. The molecule has 2 aliphatic carbocycles. The molecule has 1 saturated heterocycles. The van der Waals surface area contributed by atoms with Gasteiger partial charge in [-0.15, -0.1) is 12.4 Å². The molecule has 0 amide bonds. The fourth-order valence-corrected chi connectivity index (χ4v) is 5.87. The molecule has 2 aliphatic heterocycles. The summed E-state index contributed by atoms with van der Waals surface area (Å²) in [6, 6.07) is 7.13. The lowest BCUT2D eigenvalue weighted by Crippen LogP contribution is -2.61. The molecule has 24 heavy (non-hydrogen) atoms. The number of fused-ring (bicyclic) bond motifs is 2. The molecular weight excluding hydrogens is 324 g/mol. The third-order valence-corrected chi connectivity index (χ3v) is 6.70. The molecule has 1 fully saturated rings. The Morgan fingerprint density at radius 2 is 2.12 bits per heavy atom. The molecule has 1 aromatic carbocycles. The number of aromatic nitrogens is 1. The van der Waals surface area contributed by atoms with Crippen molar-refractivity contribution >= 4 is 12.4 Å². The van der Waals surface area contributed by atoms with Gasteiger partial charge in [0.15, 0.2) is 11.5 Å². The van der Waals surface area contributed by atoms with E-state index in [2.05, 4.69) is 34.7 Å². The summed E-state index contributed by atoms with van der Waals surface area (Å²) in [5.74, 6) is 2.50. The molecule has 1 spiro atoms. The highest BCUT2D eigenvalue weighted by molar-refractivity contribution is 5.85. The molecule has 4 atom stereocenters. The summed E-state index contributed by atoms with van der Waals surface area (Å²) in [4.78, 5) is 3.48. The van der Waals surface area contributed by atoms with Gasteiger partial charge in [0.25, 0.3) is 0 Å². The van der Waals surface area contributed by atoms with E-state index in [-0.39, 0.29) is 23.9 Å². The molecule has 3 heterocycles. The first-order valence-corrected chi connectivity index (χ1v) is 8.59. The maximum atomic E-state index is 6.60. The summed E-state index contributed by atoms with van der Waals surface area (Å²) in [5.41, 5.74) is 5.73. The van der Waals surface area contributed by atoms with Crippen molar-refractivity contribution in [2.24, 2.45) is 5.92 Å². The van der Waals surface area contributed by atoms with E-state index < -0.39 is 0 Å². The Kier molecular flexibility index (Phi) is 2.88. The molecule has 5 heteroatoms. The van der Waals surface area contributed by atoms with Crippen molar-refractivity contribution in [3.63, 3.8) is 0 Å². The van der Waals surface area contributed by atoms with Crippen molar-refractivity contribution in [3.05, 3.63) is 46.8 Å². The van der Waals surface area contributed by atoms with Crippen LogP contribution in [0.5, 0.6) is 11.5 Å². The van der Waals surface area contributed by atoms with Gasteiger partial charge in [-0.25, -0.2) is 0 Å². The van der Waals surface area contributed by atoms with Crippen molar-refractivity contribution in [2.45, 2.75) is 36.8 Å². The number of rotatable bonds is 1. The molecular formula is C19H21ClN2O2. The van der Waals surface area contributed by atoms with Gasteiger partial charge >= 0.3 is 0 Å². The summed E-state index contributed by atoms with van der Waals surface area (Å²) in [6.45, 7) is 1.08. The summed E-state index contributed by atoms with van der Waals surface area (Å²) < 4.78 is 12.2. The zero-order valence-electron chi connectivity index (χ0n) is 13.6. The van der Waals surface area contributed by atoms with E-state index >= 15 is 0 Å². The molecule has 2 aromatic rings. The lowest BCUT2D eigenvalue weighted by Gasteiger charge is -2.54. The monoisotopic (exact) mass is 344 g/mol. The van der Waals surface area contributed by atoms with E-state index in [0.717, 1.165) is 37.3 Å². The number of piperidine rings is 1. The number of aromatic amines is 1. The average molecular weight is 345 g/mol. The van der Waals surface area contributed by atoms with Crippen LogP contribution in [-0.4, -0.2) is 24.7 Å². The summed E-state index contributed by atoms with van der Waals surface area (Å²) in [6.07, 6.45) is 5.58. The van der Waals surface area contributed by atoms with Crippen LogP contribution in [0.3, 0.4) is 0 Å². The predicted molar refractivity (Wildman–Crippen MR) is 93.4 cm³/mol. The number of hydrogen-bond acceptors (Lipinski definition) is 3. The van der Waals surface area contributed by atoms with Crippen LogP contribution >= 0.6 is 12.4 Å². The first kappa shape index (κ1) is 14.7. The molecule has 2 bridgehead atoms. The van der Waals surface area contributed by atoms with Crippen LogP contribution in [0.15, 0.2) is 24.4 Å². The fourth-order valence-electron chi connectivity index (χ4n) is 5.87. The molecule has 0 radical (unpaired) electrons. The minimum Gasteiger partial charge on any atom is -0.493 e. The van der Waals surface area contributed by atoms with Gasteiger partial charge in [0.05, 0.1) is 12.8 Å². The van der Waals surface area contributed by atoms with Crippen molar-refractivity contribution < 1.29 is 9.47 Å². The molecule has 126 valence electrons. The van der Waals surface area contributed by atoms with Gasteiger partial charge in [-0.05, 0) is 55.0 Å². The van der Waals surface area contributed by atoms with Gasteiger partial charge < -0.3 is 19.8 Å². The van der Waals surface area contributed by atoms with Crippen LogP contribution in [0.1, 0.15) is 34.9 Å². The molecule has 4 aliphatic rings. The highest BCUT2D eigenvalue weighted by Crippen LogP contribution is 2.66. The lowest BCUT2D eigenvalue weighted by atomic mass is 9.52. The van der Waals surface area contributed by atoms with Gasteiger partial charge in [-0.2, -0.15) is 0 Å². The second-order valence-corrected chi connectivity index (χ2v) is 7.41. The minimum atomic E-state index is 0. The van der Waals surface area contributed by atoms with Crippen molar-refractivity contribution in [2.75, 3.05) is 13.7 Å². The maximum absolute atomic E-state index is 6.60. The van der Waals surface area contributed by atoms with Crippen molar-refractivity contribution in [3.8, 4) is 11.5 Å². The molecule has 4 nitrogen and oxygen atoms in total. The van der Waals surface area contributed by atoms with E-state index in [9.17, 15) is 0 Å². The van der Waals surface area contributed by atoms with Gasteiger partial charge in [0, 0.05) is 23.2 Å². The number of hydrogen-bond donors (Lipinski definition) is 2. The predicted octanol–water partition coefficient (Wildman–Crippen LogP) is 2.91. The Morgan fingerprint density at radius 3 is 3.00 bits per heavy atom. The third kappa shape index (κ3) is 1.46. The number of nitrogens with one attached hydrogen (secondary N) is 2. The van der Waals surface area contributed by atoms with Crippen LogP contribution < -0.4 is 14.8 Å². The van der Waals surface area contributed by atoms with E-state index in [1.807, 2.05) is 0 Å². The molecule has 6 rings (SSSR count). The third-order valence-electron chi connectivity index (χ3n) is 6.70. The van der Waals surface area contributed by atoms with Crippen LogP contribution in [0.25, 0.3) is 0 Å². The second kappa shape index (κ2) is 4.70. The van der Waals surface area contributed by atoms with E-state index in [0.29, 0.717) is 12.0 Å². The molecule has 2 N–H and O–H groups in total. The SMILES string of the molecule is COc1ccc2c3c1OC1c4[nH]ccc4CC4C(C2)NCCC314.Cl. The van der Waals surface area contributed by atoms with E-state index in [1.165, 1.54) is 22.4 Å². The zero-order chi connectivity index (χ0) is 15.2. The topological polar surface area (TPSA) is 46.3 Å². The highest BCUT2D eigenvalue weighted by atomic mass is 35.5. The lowest BCUT2D eigenvalue weighted by molar-refractivity contribution is 0.0258. The fraction of sp³-hybridized carbons (Fsp3) is 0.474. The normalized spacial score (nSPS) is 33.8. The average Bonchev–Trinajstić information content (AvgIpc) is 3.14. The number of H-pyrrole nitrogens is 1. The maximum Gasteiger partial charge on any atom is 0.166 e. The summed E-state index contributed by atoms with van der Waals surface area (Å²) >= 11 is 0. The Bertz CT molecular complexity index is 833. The summed E-state index contributed by atoms with van der Waals surface area (Å²) in [7, 11) is 1.74. The van der Waals surface area contributed by atoms with Crippen LogP contribution in [0, 0.1) is 5.92 Å². The Balaban J connectivity index is 0.00000131. The van der Waals surface area contributed by atoms with Gasteiger partial charge in [-0.1, -0.05) is 6.07 Å². The van der Waals surface area contributed by atoms with Crippen LogP contribution in [0.4, 0.5) is 0 Å². The Labute approximate surface area is 147 Å². The smallest absolute Gasteiger partial charge is 0.166 e. The molecule has 0 saturated carbocycles. The van der Waals surface area contributed by atoms with E-state index in [1.54, 1.807) is 7.11 Å². The first-order valence-electron chi connectivity index (χ1n) is 8.59. The quantitative estimate of drug-likeness (QED) is 0.836. The number of methoxy groups -OCH3 is 1. The number of benzene rings is 1. The largest absolute Gasteiger partial charge is 0.493 e. The highest BCUT2D eigenvalue weighted by Gasteiger charge is 2.63. The first-order chi connectivity index (χ1) is 11.3. The van der Waals surface area contributed by atoms with Gasteiger partial charge in [0.2, 0.25) is 0 Å². The van der Waals surface area contributed by atoms with Crippen molar-refractivity contribution in [1.82, 2.24) is 10.3 Å². The minimum absolute atomic E-state index is 0. The summed E-state index contributed by atoms with van der Waals surface area (Å²) in [5, 5.41) is 3.78. The van der Waals surface area contributed by atoms with Gasteiger partial charge in [-0.3, -0.25) is 0 Å². The van der Waals surface area contributed by atoms with Gasteiger partial charge in [0.1, 0.15) is 6.10 Å². The van der Waals surface area contributed by atoms with Crippen LogP contribution in [0.2, 0.25) is 0 Å². The number of halogens is 1. The molecule has 4 unspecified atom stereocenters.